The van der Waals surface area contributed by atoms with Gasteiger partial charge < -0.3 is 19.1 Å². The fourth-order valence-corrected chi connectivity index (χ4v) is 4.35. The minimum Gasteiger partial charge on any atom is -0.494 e. The van der Waals surface area contributed by atoms with Gasteiger partial charge in [0, 0.05) is 12.6 Å². The molecule has 4 aromatic rings. The molecule has 0 atom stereocenters. The van der Waals surface area contributed by atoms with E-state index < -0.39 is 13.5 Å². The van der Waals surface area contributed by atoms with Crippen LogP contribution in [0.25, 0.3) is 11.0 Å². The molecule has 3 N–H and O–H groups in total. The molecule has 4 rings (SSSR count). The zero-order valence-corrected chi connectivity index (χ0v) is 20.2. The van der Waals surface area contributed by atoms with Gasteiger partial charge in [0.05, 0.1) is 41.8 Å². The van der Waals surface area contributed by atoms with Crippen LogP contribution in [0, 0.1) is 18.3 Å². The number of hydrogen-bond donors (Lipinski definition) is 3. The standard InChI is InChI=1S/C23H23N6O5P/c1-4-29-19(9-14(2)27-29)22(30)26-23-25-18-10-16(12-24)11-20(34-3)21(18)28(23)13-15-5-7-17(8-6-15)35(31,32)33/h5-11H,4,13H2,1-3H3,(H,25,26,30)(H2,31,32,33). The van der Waals surface area contributed by atoms with Crippen molar-refractivity contribution in [3.8, 4) is 11.8 Å². The van der Waals surface area contributed by atoms with Gasteiger partial charge in [0.2, 0.25) is 5.95 Å². The second-order valence-corrected chi connectivity index (χ2v) is 9.44. The van der Waals surface area contributed by atoms with Crippen molar-refractivity contribution >= 4 is 35.8 Å². The molecule has 0 radical (unpaired) electrons. The highest BCUT2D eigenvalue weighted by Gasteiger charge is 2.22. The molecule has 0 saturated heterocycles. The summed E-state index contributed by atoms with van der Waals surface area (Å²) in [6.45, 7) is 4.40. The first-order chi connectivity index (χ1) is 16.6. The predicted molar refractivity (Wildman–Crippen MR) is 129 cm³/mol. The number of carbonyl (C=O) groups is 1. The summed E-state index contributed by atoms with van der Waals surface area (Å²) in [4.78, 5) is 36.5. The van der Waals surface area contributed by atoms with Gasteiger partial charge in [0.25, 0.3) is 5.91 Å². The van der Waals surface area contributed by atoms with E-state index in [9.17, 15) is 24.4 Å². The molecule has 12 heteroatoms. The van der Waals surface area contributed by atoms with Crippen molar-refractivity contribution in [3.63, 3.8) is 0 Å². The van der Waals surface area contributed by atoms with E-state index in [1.165, 1.54) is 19.2 Å². The average molecular weight is 494 g/mol. The van der Waals surface area contributed by atoms with Gasteiger partial charge in [-0.05, 0) is 43.7 Å². The Hall–Kier alpha value is -3.97. The van der Waals surface area contributed by atoms with Gasteiger partial charge in [-0.25, -0.2) is 4.98 Å². The molecule has 2 aromatic carbocycles. The first kappa shape index (κ1) is 24.2. The molecular formula is C23H23N6O5P. The Morgan fingerprint density at radius 2 is 1.94 bits per heavy atom. The van der Waals surface area contributed by atoms with Gasteiger partial charge in [-0.15, -0.1) is 0 Å². The Bertz CT molecular complexity index is 1510. The van der Waals surface area contributed by atoms with Gasteiger partial charge in [-0.2, -0.15) is 10.4 Å². The van der Waals surface area contributed by atoms with E-state index in [-0.39, 0.29) is 17.8 Å². The van der Waals surface area contributed by atoms with Crippen LogP contribution >= 0.6 is 7.60 Å². The third-order valence-corrected chi connectivity index (χ3v) is 6.40. The van der Waals surface area contributed by atoms with Crippen LogP contribution in [0.5, 0.6) is 5.75 Å². The summed E-state index contributed by atoms with van der Waals surface area (Å²) in [5.74, 6) is 0.215. The molecule has 2 aromatic heterocycles. The van der Waals surface area contributed by atoms with E-state index in [0.717, 1.165) is 0 Å². The normalized spacial score (nSPS) is 11.4. The number of aromatic nitrogens is 4. The number of imidazole rings is 1. The average Bonchev–Trinajstić information content (AvgIpc) is 3.38. The summed E-state index contributed by atoms with van der Waals surface area (Å²) in [7, 11) is -2.90. The molecular weight excluding hydrogens is 471 g/mol. The van der Waals surface area contributed by atoms with E-state index >= 15 is 0 Å². The molecule has 1 amide bonds. The van der Waals surface area contributed by atoms with E-state index in [1.54, 1.807) is 46.5 Å². The van der Waals surface area contributed by atoms with Crippen molar-refractivity contribution in [2.24, 2.45) is 0 Å². The van der Waals surface area contributed by atoms with Gasteiger partial charge in [0.15, 0.2) is 0 Å². The molecule has 11 nitrogen and oxygen atoms in total. The Labute approximate surface area is 200 Å². The minimum absolute atomic E-state index is 0.0929. The molecule has 0 fully saturated rings. The van der Waals surface area contributed by atoms with E-state index in [4.69, 9.17) is 4.74 Å². The molecule has 180 valence electrons. The highest BCUT2D eigenvalue weighted by Crippen LogP contribution is 2.34. The van der Waals surface area contributed by atoms with Gasteiger partial charge in [-0.1, -0.05) is 12.1 Å². The summed E-state index contributed by atoms with van der Waals surface area (Å²) < 4.78 is 20.4. The van der Waals surface area contributed by atoms with Gasteiger partial charge in [-0.3, -0.25) is 19.4 Å². The predicted octanol–water partition coefficient (Wildman–Crippen LogP) is 2.55. The van der Waals surface area contributed by atoms with Crippen LogP contribution in [-0.2, 0) is 17.7 Å². The molecule has 0 bridgehead atoms. The fraction of sp³-hybridized carbons (Fsp3) is 0.217. The molecule has 35 heavy (non-hydrogen) atoms. The summed E-state index contributed by atoms with van der Waals surface area (Å²) >= 11 is 0. The number of ether oxygens (including phenoxy) is 1. The van der Waals surface area contributed by atoms with Crippen LogP contribution in [0.15, 0.2) is 42.5 Å². The Kier molecular flexibility index (Phi) is 6.45. The summed E-state index contributed by atoms with van der Waals surface area (Å²) in [6.07, 6.45) is 0. The highest BCUT2D eigenvalue weighted by atomic mass is 31.2. The number of nitrogens with one attached hydrogen (secondary N) is 1. The number of amides is 1. The summed E-state index contributed by atoms with van der Waals surface area (Å²) in [6, 6.07) is 12.9. The lowest BCUT2D eigenvalue weighted by Crippen LogP contribution is -2.20. The SMILES string of the molecule is CCn1nc(C)cc1C(=O)Nc1nc2cc(C#N)cc(OC)c2n1Cc1ccc(P(=O)(O)O)cc1. The van der Waals surface area contributed by atoms with Crippen LogP contribution < -0.4 is 15.4 Å². The Balaban J connectivity index is 1.81. The Morgan fingerprint density at radius 1 is 1.23 bits per heavy atom. The second-order valence-electron chi connectivity index (χ2n) is 7.83. The van der Waals surface area contributed by atoms with E-state index in [1.807, 2.05) is 6.92 Å². The van der Waals surface area contributed by atoms with Crippen molar-refractivity contribution in [1.82, 2.24) is 19.3 Å². The number of hydrogen-bond acceptors (Lipinski definition) is 6. The Morgan fingerprint density at radius 3 is 2.54 bits per heavy atom. The number of benzene rings is 2. The molecule has 0 saturated carbocycles. The quantitative estimate of drug-likeness (QED) is 0.331. The number of fused-ring (bicyclic) bond motifs is 1. The number of methoxy groups -OCH3 is 1. The lowest BCUT2D eigenvalue weighted by atomic mass is 10.2. The van der Waals surface area contributed by atoms with Crippen LogP contribution in [0.4, 0.5) is 5.95 Å². The maximum Gasteiger partial charge on any atom is 0.356 e. The van der Waals surface area contributed by atoms with Crippen molar-refractivity contribution in [3.05, 3.63) is 65.0 Å². The van der Waals surface area contributed by atoms with Crippen LogP contribution in [0.1, 0.15) is 34.2 Å². The molecule has 0 unspecified atom stereocenters. The molecule has 0 aliphatic carbocycles. The smallest absolute Gasteiger partial charge is 0.356 e. The number of aryl methyl sites for hydroxylation is 2. The van der Waals surface area contributed by atoms with Crippen molar-refractivity contribution < 1.29 is 23.9 Å². The number of nitrogens with zero attached hydrogens (tertiary/aromatic N) is 5. The lowest BCUT2D eigenvalue weighted by Gasteiger charge is -2.13. The van der Waals surface area contributed by atoms with Crippen LogP contribution in [0.2, 0.25) is 0 Å². The van der Waals surface area contributed by atoms with Crippen molar-refractivity contribution in [1.29, 1.82) is 5.26 Å². The molecule has 0 aliphatic heterocycles. The second kappa shape index (κ2) is 9.35. The summed E-state index contributed by atoms with van der Waals surface area (Å²) in [5.41, 5.74) is 3.14. The van der Waals surface area contributed by atoms with Crippen LogP contribution in [-0.4, -0.2) is 42.1 Å². The molecule has 0 spiro atoms. The monoisotopic (exact) mass is 494 g/mol. The van der Waals surface area contributed by atoms with E-state index in [0.29, 0.717) is 45.8 Å². The number of carbonyl (C=O) groups excluding carboxylic acids is 1. The van der Waals surface area contributed by atoms with Crippen LogP contribution in [0.3, 0.4) is 0 Å². The largest absolute Gasteiger partial charge is 0.494 e. The number of anilines is 1. The van der Waals surface area contributed by atoms with E-state index in [2.05, 4.69) is 21.5 Å². The number of rotatable bonds is 7. The minimum atomic E-state index is -4.37. The maximum absolute atomic E-state index is 13.1. The molecule has 2 heterocycles. The van der Waals surface area contributed by atoms with Crippen molar-refractivity contribution in [2.75, 3.05) is 12.4 Å². The first-order valence-corrected chi connectivity index (χ1v) is 12.2. The molecule has 0 aliphatic rings. The maximum atomic E-state index is 13.1. The zero-order chi connectivity index (χ0) is 25.3. The third-order valence-electron chi connectivity index (χ3n) is 5.43. The van der Waals surface area contributed by atoms with Crippen molar-refractivity contribution in [2.45, 2.75) is 26.9 Å². The first-order valence-electron chi connectivity index (χ1n) is 10.6. The van der Waals surface area contributed by atoms with Gasteiger partial charge in [0.1, 0.15) is 17.0 Å². The topological polar surface area (TPSA) is 155 Å². The number of nitriles is 1. The summed E-state index contributed by atoms with van der Waals surface area (Å²) in [5, 5.41) is 16.4. The van der Waals surface area contributed by atoms with Gasteiger partial charge >= 0.3 is 7.60 Å². The zero-order valence-electron chi connectivity index (χ0n) is 19.3. The lowest BCUT2D eigenvalue weighted by molar-refractivity contribution is 0.101. The highest BCUT2D eigenvalue weighted by molar-refractivity contribution is 7.60. The fourth-order valence-electron chi connectivity index (χ4n) is 3.81. The third kappa shape index (κ3) is 4.81.